The second-order valence-electron chi connectivity index (χ2n) is 7.95. The fraction of sp³-hybridized carbons (Fsp3) is 0.333. The van der Waals surface area contributed by atoms with Gasteiger partial charge < -0.3 is 9.15 Å². The summed E-state index contributed by atoms with van der Waals surface area (Å²) in [6.07, 6.45) is 6.26. The molecule has 1 saturated carbocycles. The number of carbonyl (C=O) groups is 1. The van der Waals surface area contributed by atoms with E-state index in [0.717, 1.165) is 15.6 Å². The van der Waals surface area contributed by atoms with Crippen LogP contribution in [0.3, 0.4) is 0 Å². The zero-order valence-electron chi connectivity index (χ0n) is 17.5. The first kappa shape index (κ1) is 20.8. The number of nitrogens with zero attached hydrogens (tertiary/aromatic N) is 3. The summed E-state index contributed by atoms with van der Waals surface area (Å²) < 4.78 is 12.3. The zero-order chi connectivity index (χ0) is 21.9. The van der Waals surface area contributed by atoms with Crippen LogP contribution in [0.25, 0.3) is 21.9 Å². The number of fused-ring (bicyclic) bond motifs is 2. The summed E-state index contributed by atoms with van der Waals surface area (Å²) in [5.41, 5.74) is 1.64. The Kier molecular flexibility index (Phi) is 5.94. The molecule has 0 spiro atoms. The van der Waals surface area contributed by atoms with Crippen LogP contribution in [0.4, 0.5) is 0 Å². The molecular formula is C24H23N3O4S. The molecule has 1 fully saturated rings. The van der Waals surface area contributed by atoms with Crippen molar-refractivity contribution in [2.75, 3.05) is 0 Å². The number of rotatable bonds is 6. The van der Waals surface area contributed by atoms with Gasteiger partial charge in [-0.2, -0.15) is 16.4 Å². The molecule has 0 saturated heterocycles. The molecule has 5 rings (SSSR count). The summed E-state index contributed by atoms with van der Waals surface area (Å²) in [7, 11) is 0. The Morgan fingerprint density at radius 2 is 1.81 bits per heavy atom. The molecule has 0 bridgehead atoms. The topological polar surface area (TPSA) is 87.2 Å². The average Bonchev–Trinajstić information content (AvgIpc) is 3.22. The largest absolute Gasteiger partial charge is 0.449 e. The van der Waals surface area contributed by atoms with E-state index in [0.29, 0.717) is 27.5 Å². The van der Waals surface area contributed by atoms with Gasteiger partial charge in [-0.1, -0.05) is 54.8 Å². The van der Waals surface area contributed by atoms with E-state index in [1.807, 2.05) is 36.0 Å². The first-order valence-electron chi connectivity index (χ1n) is 10.8. The summed E-state index contributed by atoms with van der Waals surface area (Å²) >= 11 is 1.87. The fourth-order valence-corrected chi connectivity index (χ4v) is 5.49. The van der Waals surface area contributed by atoms with Gasteiger partial charge in [-0.15, -0.1) is 5.10 Å². The molecule has 1 aliphatic rings. The highest BCUT2D eigenvalue weighted by Gasteiger charge is 2.24. The normalized spacial score (nSPS) is 14.8. The van der Waals surface area contributed by atoms with Crippen LogP contribution in [0.2, 0.25) is 0 Å². The van der Waals surface area contributed by atoms with E-state index in [4.69, 9.17) is 9.15 Å². The third-order valence-electron chi connectivity index (χ3n) is 5.85. The maximum Gasteiger partial charge on any atom is 0.376 e. The van der Waals surface area contributed by atoms with Gasteiger partial charge in [-0.05, 0) is 31.0 Å². The van der Waals surface area contributed by atoms with E-state index in [9.17, 15) is 9.59 Å². The van der Waals surface area contributed by atoms with Crippen molar-refractivity contribution in [3.05, 3.63) is 70.2 Å². The van der Waals surface area contributed by atoms with E-state index in [2.05, 4.69) is 10.3 Å². The van der Waals surface area contributed by atoms with Crippen molar-refractivity contribution >= 4 is 39.6 Å². The van der Waals surface area contributed by atoms with Crippen molar-refractivity contribution in [1.29, 1.82) is 0 Å². The van der Waals surface area contributed by atoms with Gasteiger partial charge in [-0.3, -0.25) is 4.79 Å². The molecule has 2 heterocycles. The number of hydrogen-bond donors (Lipinski definition) is 0. The first-order valence-corrected chi connectivity index (χ1v) is 11.9. The molecule has 0 amide bonds. The SMILES string of the molecule is O=C(OCn1nnc2ccccc2c1=O)c1oc2ccccc2c1CSC1CCCCC1. The maximum absolute atomic E-state index is 12.9. The minimum Gasteiger partial charge on any atom is -0.449 e. The van der Waals surface area contributed by atoms with Crippen molar-refractivity contribution in [1.82, 2.24) is 15.0 Å². The number of furan rings is 1. The van der Waals surface area contributed by atoms with Crippen LogP contribution in [0, 0.1) is 0 Å². The highest BCUT2D eigenvalue weighted by Crippen LogP contribution is 2.35. The summed E-state index contributed by atoms with van der Waals surface area (Å²) in [4.78, 5) is 25.6. The lowest BCUT2D eigenvalue weighted by Crippen LogP contribution is -2.26. The predicted octanol–water partition coefficient (Wildman–Crippen LogP) is 4.92. The van der Waals surface area contributed by atoms with Crippen molar-refractivity contribution in [3.63, 3.8) is 0 Å². The Hall–Kier alpha value is -3.13. The third-order valence-corrected chi connectivity index (χ3v) is 7.24. The predicted molar refractivity (Wildman–Crippen MR) is 124 cm³/mol. The quantitative estimate of drug-likeness (QED) is 0.386. The van der Waals surface area contributed by atoms with Crippen molar-refractivity contribution in [2.24, 2.45) is 0 Å². The molecule has 2 aromatic carbocycles. The Bertz CT molecular complexity index is 1320. The number of benzene rings is 2. The van der Waals surface area contributed by atoms with E-state index in [1.54, 1.807) is 24.3 Å². The number of thioether (sulfide) groups is 1. The van der Waals surface area contributed by atoms with Gasteiger partial charge in [0, 0.05) is 22.0 Å². The van der Waals surface area contributed by atoms with Crippen LogP contribution >= 0.6 is 11.8 Å². The molecule has 0 radical (unpaired) electrons. The van der Waals surface area contributed by atoms with Crippen molar-refractivity contribution in [2.45, 2.75) is 49.8 Å². The average molecular weight is 450 g/mol. The number of ether oxygens (including phenoxy) is 1. The third kappa shape index (κ3) is 4.14. The minimum atomic E-state index is -0.609. The molecule has 0 aliphatic heterocycles. The monoisotopic (exact) mass is 449 g/mol. The molecule has 0 atom stereocenters. The number of hydrogen-bond acceptors (Lipinski definition) is 7. The second-order valence-corrected chi connectivity index (χ2v) is 9.24. The van der Waals surface area contributed by atoms with Crippen LogP contribution in [0.15, 0.2) is 57.7 Å². The molecule has 8 heteroatoms. The Morgan fingerprint density at radius 3 is 2.66 bits per heavy atom. The summed E-state index contributed by atoms with van der Waals surface area (Å²) in [5, 5.41) is 9.85. The Labute approximate surface area is 188 Å². The van der Waals surface area contributed by atoms with Crippen LogP contribution in [-0.2, 0) is 17.2 Å². The number of para-hydroxylation sites is 1. The molecule has 0 N–H and O–H groups in total. The number of carbonyl (C=O) groups excluding carboxylic acids is 1. The molecule has 2 aromatic heterocycles. The molecule has 0 unspecified atom stereocenters. The van der Waals surface area contributed by atoms with Gasteiger partial charge in [0.25, 0.3) is 5.56 Å². The number of aromatic nitrogens is 3. The van der Waals surface area contributed by atoms with Gasteiger partial charge in [0.15, 0.2) is 6.73 Å². The maximum atomic E-state index is 12.9. The van der Waals surface area contributed by atoms with Gasteiger partial charge in [0.05, 0.1) is 5.39 Å². The summed E-state index contributed by atoms with van der Waals surface area (Å²) in [5.74, 6) is 0.264. The Balaban J connectivity index is 1.37. The fourth-order valence-electron chi connectivity index (χ4n) is 4.13. The molecule has 32 heavy (non-hydrogen) atoms. The highest BCUT2D eigenvalue weighted by molar-refractivity contribution is 7.99. The van der Waals surface area contributed by atoms with E-state index in [-0.39, 0.29) is 18.1 Å². The lowest BCUT2D eigenvalue weighted by molar-refractivity contribution is 0.0301. The van der Waals surface area contributed by atoms with Gasteiger partial charge >= 0.3 is 5.97 Å². The minimum absolute atomic E-state index is 0.191. The highest BCUT2D eigenvalue weighted by atomic mass is 32.2. The first-order chi connectivity index (χ1) is 15.7. The van der Waals surface area contributed by atoms with Crippen LogP contribution in [-0.4, -0.2) is 26.2 Å². The number of esters is 1. The van der Waals surface area contributed by atoms with Crippen molar-refractivity contribution < 1.29 is 13.9 Å². The molecule has 1 aliphatic carbocycles. The summed E-state index contributed by atoms with van der Waals surface area (Å²) in [6.45, 7) is -0.332. The van der Waals surface area contributed by atoms with Crippen LogP contribution in [0.5, 0.6) is 0 Å². The van der Waals surface area contributed by atoms with Crippen LogP contribution in [0.1, 0.15) is 48.2 Å². The lowest BCUT2D eigenvalue weighted by atomic mass is 10.0. The smallest absolute Gasteiger partial charge is 0.376 e. The summed E-state index contributed by atoms with van der Waals surface area (Å²) in [6, 6.07) is 14.6. The molecule has 7 nitrogen and oxygen atoms in total. The molecular weight excluding hydrogens is 426 g/mol. The van der Waals surface area contributed by atoms with E-state index < -0.39 is 5.97 Å². The Morgan fingerprint density at radius 1 is 1.06 bits per heavy atom. The standard InChI is InChI=1S/C24H23N3O4S/c28-23-18-11-4-6-12-20(18)25-26-27(23)15-30-24(29)22-19(14-32-16-8-2-1-3-9-16)17-10-5-7-13-21(17)31-22/h4-7,10-13,16H,1-3,8-9,14-15H2. The van der Waals surface area contributed by atoms with Gasteiger partial charge in [0.2, 0.25) is 5.76 Å². The molecule has 4 aromatic rings. The second kappa shape index (κ2) is 9.16. The van der Waals surface area contributed by atoms with Gasteiger partial charge in [0.1, 0.15) is 11.1 Å². The van der Waals surface area contributed by atoms with Gasteiger partial charge in [-0.25, -0.2) is 4.79 Å². The van der Waals surface area contributed by atoms with E-state index in [1.165, 1.54) is 32.1 Å². The van der Waals surface area contributed by atoms with Crippen LogP contribution < -0.4 is 5.56 Å². The lowest BCUT2D eigenvalue weighted by Gasteiger charge is -2.20. The molecule has 164 valence electrons. The van der Waals surface area contributed by atoms with E-state index >= 15 is 0 Å². The zero-order valence-corrected chi connectivity index (χ0v) is 18.3. The van der Waals surface area contributed by atoms with Crippen molar-refractivity contribution in [3.8, 4) is 0 Å².